The summed E-state index contributed by atoms with van der Waals surface area (Å²) in [5, 5.41) is 3.35. The molecule has 0 aromatic rings. The third kappa shape index (κ3) is 0.367. The lowest BCUT2D eigenvalue weighted by Crippen LogP contribution is -2.13. The Hall–Kier alpha value is -0.0400. The summed E-state index contributed by atoms with van der Waals surface area (Å²) in [6, 6.07) is 0. The molecule has 0 radical (unpaired) electrons. The highest BCUT2D eigenvalue weighted by Gasteiger charge is 2.49. The van der Waals surface area contributed by atoms with Crippen molar-refractivity contribution in [3.05, 3.63) is 0 Å². The van der Waals surface area contributed by atoms with Crippen LogP contribution in [0.15, 0.2) is 0 Å². The van der Waals surface area contributed by atoms with Crippen LogP contribution < -0.4 is 5.32 Å². The van der Waals surface area contributed by atoms with E-state index in [1.165, 1.54) is 13.1 Å². The van der Waals surface area contributed by atoms with Crippen molar-refractivity contribution in [1.29, 1.82) is 0 Å². The van der Waals surface area contributed by atoms with Gasteiger partial charge < -0.3 is 5.32 Å². The van der Waals surface area contributed by atoms with Crippen LogP contribution in [0.2, 0.25) is 0 Å². The zero-order valence-electron chi connectivity index (χ0n) is 4.65. The van der Waals surface area contributed by atoms with Gasteiger partial charge >= 0.3 is 0 Å². The van der Waals surface area contributed by atoms with Gasteiger partial charge in [-0.15, -0.1) is 0 Å². The number of hydrogen-bond acceptors (Lipinski definition) is 1. The maximum absolute atomic E-state index is 3.35. The smallest absolute Gasteiger partial charge is 0.00145 e. The van der Waals surface area contributed by atoms with Crippen LogP contribution in [0.1, 0.15) is 6.92 Å². The third-order valence-corrected chi connectivity index (χ3v) is 2.52. The van der Waals surface area contributed by atoms with Crippen molar-refractivity contribution in [2.75, 3.05) is 13.1 Å². The lowest BCUT2D eigenvalue weighted by Gasteiger charge is -1.93. The molecule has 1 aliphatic carbocycles. The van der Waals surface area contributed by atoms with Gasteiger partial charge in [-0.3, -0.25) is 0 Å². The first-order chi connectivity index (χ1) is 3.39. The van der Waals surface area contributed by atoms with Crippen LogP contribution in [0.4, 0.5) is 0 Å². The molecule has 7 heavy (non-hydrogen) atoms. The van der Waals surface area contributed by atoms with E-state index in [0.29, 0.717) is 0 Å². The quantitative estimate of drug-likeness (QED) is 0.463. The van der Waals surface area contributed by atoms with Crippen molar-refractivity contribution in [3.8, 4) is 0 Å². The molecule has 0 amide bonds. The molecule has 1 saturated carbocycles. The van der Waals surface area contributed by atoms with E-state index in [-0.39, 0.29) is 0 Å². The fourth-order valence-electron chi connectivity index (χ4n) is 1.73. The Morgan fingerprint density at radius 2 is 1.86 bits per heavy atom. The largest absolute Gasteiger partial charge is 0.316 e. The van der Waals surface area contributed by atoms with E-state index in [1.807, 2.05) is 0 Å². The zero-order chi connectivity index (χ0) is 4.85. The average molecular weight is 97.2 g/mol. The second-order valence-corrected chi connectivity index (χ2v) is 2.85. The Balaban J connectivity index is 2.06. The van der Waals surface area contributed by atoms with Crippen molar-refractivity contribution < 1.29 is 0 Å². The molecule has 0 aromatic heterocycles. The molecule has 1 aliphatic heterocycles. The first kappa shape index (κ1) is 3.90. The van der Waals surface area contributed by atoms with Crippen LogP contribution in [0, 0.1) is 17.8 Å². The predicted octanol–water partition coefficient (Wildman–Crippen LogP) is 0.472. The minimum absolute atomic E-state index is 1.06. The molecule has 2 fully saturated rings. The molecule has 1 heteroatoms. The van der Waals surface area contributed by atoms with E-state index < -0.39 is 0 Å². The molecule has 2 atom stereocenters. The van der Waals surface area contributed by atoms with Gasteiger partial charge in [0.1, 0.15) is 0 Å². The van der Waals surface area contributed by atoms with Crippen molar-refractivity contribution >= 4 is 0 Å². The first-order valence-electron chi connectivity index (χ1n) is 3.10. The van der Waals surface area contributed by atoms with Crippen LogP contribution in [0.5, 0.6) is 0 Å². The molecule has 1 nitrogen and oxygen atoms in total. The highest BCUT2D eigenvalue weighted by atomic mass is 15.0. The van der Waals surface area contributed by atoms with Gasteiger partial charge in [0.05, 0.1) is 0 Å². The monoisotopic (exact) mass is 97.1 g/mol. The number of fused-ring (bicyclic) bond motifs is 1. The fourth-order valence-corrected chi connectivity index (χ4v) is 1.73. The first-order valence-corrected chi connectivity index (χ1v) is 3.10. The molecule has 0 spiro atoms. The van der Waals surface area contributed by atoms with Crippen LogP contribution in [0.25, 0.3) is 0 Å². The summed E-state index contributed by atoms with van der Waals surface area (Å²) in [4.78, 5) is 0. The van der Waals surface area contributed by atoms with Gasteiger partial charge in [0.25, 0.3) is 0 Å². The highest BCUT2D eigenvalue weighted by Crippen LogP contribution is 2.47. The van der Waals surface area contributed by atoms with Crippen LogP contribution in [-0.4, -0.2) is 13.1 Å². The summed E-state index contributed by atoms with van der Waals surface area (Å²) in [7, 11) is 0. The third-order valence-electron chi connectivity index (χ3n) is 2.52. The Kier molecular flexibility index (Phi) is 0.571. The van der Waals surface area contributed by atoms with Gasteiger partial charge in [-0.25, -0.2) is 0 Å². The van der Waals surface area contributed by atoms with E-state index in [9.17, 15) is 0 Å². The molecule has 0 unspecified atom stereocenters. The SMILES string of the molecule is CC1[C@@H]2CNC[C@@H]12. The average Bonchev–Trinajstić information content (AvgIpc) is 2.26. The van der Waals surface area contributed by atoms with E-state index in [2.05, 4.69) is 12.2 Å². The van der Waals surface area contributed by atoms with Crippen LogP contribution >= 0.6 is 0 Å². The van der Waals surface area contributed by atoms with Gasteiger partial charge in [-0.05, 0) is 30.8 Å². The van der Waals surface area contributed by atoms with Gasteiger partial charge in [0, 0.05) is 0 Å². The molecular weight excluding hydrogens is 86.1 g/mol. The predicted molar refractivity (Wildman–Crippen MR) is 29.0 cm³/mol. The van der Waals surface area contributed by atoms with E-state index >= 15 is 0 Å². The van der Waals surface area contributed by atoms with Crippen LogP contribution in [-0.2, 0) is 0 Å². The summed E-state index contributed by atoms with van der Waals surface area (Å²) >= 11 is 0. The molecule has 1 heterocycles. The summed E-state index contributed by atoms with van der Waals surface area (Å²) in [6.07, 6.45) is 0. The summed E-state index contributed by atoms with van der Waals surface area (Å²) < 4.78 is 0. The molecule has 2 aliphatic rings. The minimum Gasteiger partial charge on any atom is -0.316 e. The molecule has 0 bridgehead atoms. The zero-order valence-corrected chi connectivity index (χ0v) is 4.65. The molecule has 1 N–H and O–H groups in total. The van der Waals surface area contributed by atoms with E-state index in [1.54, 1.807) is 0 Å². The van der Waals surface area contributed by atoms with E-state index in [4.69, 9.17) is 0 Å². The van der Waals surface area contributed by atoms with Crippen LogP contribution in [0.3, 0.4) is 0 Å². The summed E-state index contributed by atoms with van der Waals surface area (Å²) in [5.74, 6) is 3.20. The Morgan fingerprint density at radius 1 is 1.29 bits per heavy atom. The van der Waals surface area contributed by atoms with Crippen molar-refractivity contribution in [2.45, 2.75) is 6.92 Å². The molecule has 1 saturated heterocycles. The Morgan fingerprint density at radius 3 is 2.14 bits per heavy atom. The fraction of sp³-hybridized carbons (Fsp3) is 1.00. The standard InChI is InChI=1S/C6H11N/c1-4-5-2-7-3-6(4)5/h4-7H,2-3H2,1H3/t5-,6-/m0/s1. The Bertz CT molecular complexity index is 80.2. The summed E-state index contributed by atoms with van der Waals surface area (Å²) in [6.45, 7) is 4.95. The number of piperidine rings is 1. The van der Waals surface area contributed by atoms with Gasteiger partial charge in [0.2, 0.25) is 0 Å². The van der Waals surface area contributed by atoms with Gasteiger partial charge in [-0.2, -0.15) is 0 Å². The molecular formula is C6H11N. The normalized spacial score (nSPS) is 57.0. The topological polar surface area (TPSA) is 12.0 Å². The number of rotatable bonds is 0. The van der Waals surface area contributed by atoms with Crippen molar-refractivity contribution in [2.24, 2.45) is 17.8 Å². The maximum Gasteiger partial charge on any atom is -0.00145 e. The maximum atomic E-state index is 3.35. The highest BCUT2D eigenvalue weighted by molar-refractivity contribution is 5.01. The minimum atomic E-state index is 1.06. The van der Waals surface area contributed by atoms with Crippen molar-refractivity contribution in [3.63, 3.8) is 0 Å². The van der Waals surface area contributed by atoms with E-state index in [0.717, 1.165) is 17.8 Å². The lowest BCUT2D eigenvalue weighted by atomic mass is 10.3. The second-order valence-electron chi connectivity index (χ2n) is 2.85. The summed E-state index contributed by atoms with van der Waals surface area (Å²) in [5.41, 5.74) is 0. The molecule has 2 rings (SSSR count). The number of hydrogen-bond donors (Lipinski definition) is 1. The van der Waals surface area contributed by atoms with Crippen molar-refractivity contribution in [1.82, 2.24) is 5.32 Å². The number of nitrogens with one attached hydrogen (secondary N) is 1. The second kappa shape index (κ2) is 1.03. The molecule has 40 valence electrons. The van der Waals surface area contributed by atoms with Gasteiger partial charge in [-0.1, -0.05) is 6.92 Å². The molecule has 0 aromatic carbocycles. The van der Waals surface area contributed by atoms with Gasteiger partial charge in [0.15, 0.2) is 0 Å². The Labute approximate surface area is 44.1 Å². The lowest BCUT2D eigenvalue weighted by molar-refractivity contribution is 0.634.